The molecule has 2 amide bonds. The van der Waals surface area contributed by atoms with E-state index in [0.717, 1.165) is 0 Å². The molecule has 0 atom stereocenters. The Hall–Kier alpha value is -3.46. The average molecular weight is 420 g/mol. The van der Waals surface area contributed by atoms with Crippen molar-refractivity contribution in [3.8, 4) is 0 Å². The zero-order valence-electron chi connectivity index (χ0n) is 15.2. The molecule has 0 bridgehead atoms. The summed E-state index contributed by atoms with van der Waals surface area (Å²) in [5.41, 5.74) is 0.826. The normalized spacial score (nSPS) is 10.1. The van der Waals surface area contributed by atoms with E-state index in [4.69, 9.17) is 16.3 Å². The van der Waals surface area contributed by atoms with Gasteiger partial charge in [0.2, 0.25) is 5.91 Å². The van der Waals surface area contributed by atoms with Crippen LogP contribution < -0.4 is 10.6 Å². The third-order valence-corrected chi connectivity index (χ3v) is 3.85. The molecule has 2 aromatic carbocycles. The van der Waals surface area contributed by atoms with Crippen molar-refractivity contribution in [2.24, 2.45) is 0 Å². The SMILES string of the molecule is O=C(CCCC(=O)OCC(=O)Nc1cccc(Cl)c1)Nc1ccc([N+](=O)[O-])cc1. The van der Waals surface area contributed by atoms with Crippen LogP contribution in [0, 0.1) is 10.1 Å². The van der Waals surface area contributed by atoms with Crippen LogP contribution >= 0.6 is 11.6 Å². The highest BCUT2D eigenvalue weighted by Gasteiger charge is 2.10. The van der Waals surface area contributed by atoms with Gasteiger partial charge in [-0.25, -0.2) is 0 Å². The largest absolute Gasteiger partial charge is 0.456 e. The van der Waals surface area contributed by atoms with E-state index in [1.165, 1.54) is 24.3 Å². The second kappa shape index (κ2) is 10.8. The minimum absolute atomic E-state index is 0.0296. The molecule has 10 heteroatoms. The summed E-state index contributed by atoms with van der Waals surface area (Å²) < 4.78 is 4.86. The lowest BCUT2D eigenvalue weighted by Crippen LogP contribution is -2.21. The quantitative estimate of drug-likeness (QED) is 0.363. The van der Waals surface area contributed by atoms with Crippen LogP contribution in [0.25, 0.3) is 0 Å². The van der Waals surface area contributed by atoms with Crippen molar-refractivity contribution in [1.82, 2.24) is 0 Å². The number of nitro benzene ring substituents is 1. The topological polar surface area (TPSA) is 128 Å². The zero-order valence-corrected chi connectivity index (χ0v) is 16.0. The molecule has 0 fully saturated rings. The van der Waals surface area contributed by atoms with Crippen LogP contribution in [-0.2, 0) is 19.1 Å². The molecule has 0 unspecified atom stereocenters. The molecule has 2 N–H and O–H groups in total. The molecule has 9 nitrogen and oxygen atoms in total. The molecule has 2 aromatic rings. The van der Waals surface area contributed by atoms with Gasteiger partial charge in [0.15, 0.2) is 6.61 Å². The molecular formula is C19H18ClN3O6. The predicted octanol–water partition coefficient (Wildman–Crippen LogP) is 3.54. The van der Waals surface area contributed by atoms with E-state index >= 15 is 0 Å². The molecule has 29 heavy (non-hydrogen) atoms. The summed E-state index contributed by atoms with van der Waals surface area (Å²) in [7, 11) is 0. The van der Waals surface area contributed by atoms with Crippen LogP contribution in [0.15, 0.2) is 48.5 Å². The van der Waals surface area contributed by atoms with E-state index in [0.29, 0.717) is 16.4 Å². The van der Waals surface area contributed by atoms with E-state index in [2.05, 4.69) is 10.6 Å². The lowest BCUT2D eigenvalue weighted by atomic mass is 10.2. The minimum atomic E-state index is -0.602. The van der Waals surface area contributed by atoms with E-state index in [1.807, 2.05) is 0 Å². The van der Waals surface area contributed by atoms with Crippen LogP contribution in [0.2, 0.25) is 5.02 Å². The summed E-state index contributed by atoms with van der Waals surface area (Å²) >= 11 is 5.81. The highest BCUT2D eigenvalue weighted by atomic mass is 35.5. The number of hydrogen-bond donors (Lipinski definition) is 2. The molecule has 0 aliphatic carbocycles. The highest BCUT2D eigenvalue weighted by Crippen LogP contribution is 2.16. The van der Waals surface area contributed by atoms with Gasteiger partial charge in [-0.3, -0.25) is 24.5 Å². The number of anilines is 2. The Labute approximate surface area is 171 Å². The maximum absolute atomic E-state index is 11.8. The van der Waals surface area contributed by atoms with Gasteiger partial charge in [-0.05, 0) is 36.8 Å². The first-order valence-electron chi connectivity index (χ1n) is 8.59. The van der Waals surface area contributed by atoms with E-state index < -0.39 is 23.4 Å². The predicted molar refractivity (Wildman–Crippen MR) is 107 cm³/mol. The van der Waals surface area contributed by atoms with Gasteiger partial charge in [-0.2, -0.15) is 0 Å². The fourth-order valence-electron chi connectivity index (χ4n) is 2.26. The Balaban J connectivity index is 1.64. The molecule has 0 radical (unpaired) electrons. The van der Waals surface area contributed by atoms with Crippen molar-refractivity contribution in [3.63, 3.8) is 0 Å². The third kappa shape index (κ3) is 7.97. The van der Waals surface area contributed by atoms with Crippen LogP contribution in [0.5, 0.6) is 0 Å². The Morgan fingerprint density at radius 1 is 0.966 bits per heavy atom. The van der Waals surface area contributed by atoms with Gasteiger partial charge in [0.25, 0.3) is 11.6 Å². The maximum atomic E-state index is 11.8. The highest BCUT2D eigenvalue weighted by molar-refractivity contribution is 6.30. The fourth-order valence-corrected chi connectivity index (χ4v) is 2.46. The van der Waals surface area contributed by atoms with Crippen molar-refractivity contribution in [2.45, 2.75) is 19.3 Å². The van der Waals surface area contributed by atoms with Gasteiger partial charge >= 0.3 is 5.97 Å². The first kappa shape index (κ1) is 21.8. The van der Waals surface area contributed by atoms with Crippen molar-refractivity contribution in [1.29, 1.82) is 0 Å². The number of amides is 2. The number of carbonyl (C=O) groups is 3. The number of esters is 1. The standard InChI is InChI=1S/C19H18ClN3O6/c20-13-3-1-4-15(11-13)22-18(25)12-29-19(26)6-2-5-17(24)21-14-7-9-16(10-8-14)23(27)28/h1,3-4,7-11H,2,5-6,12H2,(H,21,24)(H,22,25). The molecule has 0 aliphatic rings. The molecule has 0 saturated heterocycles. The summed E-state index contributed by atoms with van der Waals surface area (Å²) in [6.07, 6.45) is 0.256. The molecule has 0 spiro atoms. The molecule has 0 saturated carbocycles. The van der Waals surface area contributed by atoms with Crippen LogP contribution in [0.1, 0.15) is 19.3 Å². The second-order valence-corrected chi connectivity index (χ2v) is 6.36. The van der Waals surface area contributed by atoms with Gasteiger partial charge in [0.05, 0.1) is 4.92 Å². The number of ether oxygens (including phenoxy) is 1. The monoisotopic (exact) mass is 419 g/mol. The van der Waals surface area contributed by atoms with E-state index in [-0.39, 0.29) is 30.9 Å². The van der Waals surface area contributed by atoms with Gasteiger partial charge in [0, 0.05) is 41.4 Å². The summed E-state index contributed by atoms with van der Waals surface area (Å²) in [6.45, 7) is -0.444. The first-order chi connectivity index (χ1) is 13.8. The van der Waals surface area contributed by atoms with Gasteiger partial charge < -0.3 is 15.4 Å². The Bertz CT molecular complexity index is 901. The minimum Gasteiger partial charge on any atom is -0.456 e. The Kier molecular flexibility index (Phi) is 8.11. The third-order valence-electron chi connectivity index (χ3n) is 3.62. The van der Waals surface area contributed by atoms with Crippen molar-refractivity contribution < 1.29 is 24.0 Å². The Morgan fingerprint density at radius 2 is 1.66 bits per heavy atom. The number of nitro groups is 1. The zero-order chi connectivity index (χ0) is 21.2. The van der Waals surface area contributed by atoms with Gasteiger partial charge in [-0.1, -0.05) is 17.7 Å². The number of carbonyl (C=O) groups excluding carboxylic acids is 3. The Morgan fingerprint density at radius 3 is 2.31 bits per heavy atom. The number of nitrogens with one attached hydrogen (secondary N) is 2. The number of benzene rings is 2. The summed E-state index contributed by atoms with van der Waals surface area (Å²) in [4.78, 5) is 45.3. The van der Waals surface area contributed by atoms with E-state index in [1.54, 1.807) is 24.3 Å². The summed E-state index contributed by atoms with van der Waals surface area (Å²) in [6, 6.07) is 11.9. The van der Waals surface area contributed by atoms with Crippen molar-refractivity contribution in [2.75, 3.05) is 17.2 Å². The summed E-state index contributed by atoms with van der Waals surface area (Å²) in [5, 5.41) is 16.2. The molecule has 2 rings (SSSR count). The van der Waals surface area contributed by atoms with Gasteiger partial charge in [0.1, 0.15) is 0 Å². The van der Waals surface area contributed by atoms with E-state index in [9.17, 15) is 24.5 Å². The van der Waals surface area contributed by atoms with Crippen molar-refractivity contribution in [3.05, 3.63) is 63.7 Å². The van der Waals surface area contributed by atoms with Crippen LogP contribution in [0.3, 0.4) is 0 Å². The second-order valence-electron chi connectivity index (χ2n) is 5.92. The van der Waals surface area contributed by atoms with Crippen molar-refractivity contribution >= 4 is 46.4 Å². The van der Waals surface area contributed by atoms with Crippen LogP contribution in [0.4, 0.5) is 17.1 Å². The number of non-ortho nitro benzene ring substituents is 1. The average Bonchev–Trinajstić information content (AvgIpc) is 2.67. The smallest absolute Gasteiger partial charge is 0.306 e. The summed E-state index contributed by atoms with van der Waals surface area (Å²) in [5.74, 6) is -1.45. The van der Waals surface area contributed by atoms with Gasteiger partial charge in [-0.15, -0.1) is 0 Å². The molecule has 152 valence electrons. The molecule has 0 heterocycles. The first-order valence-corrected chi connectivity index (χ1v) is 8.96. The molecular weight excluding hydrogens is 402 g/mol. The van der Waals surface area contributed by atoms with Crippen LogP contribution in [-0.4, -0.2) is 29.3 Å². The molecule has 0 aromatic heterocycles. The number of halogens is 1. The number of rotatable bonds is 9. The lowest BCUT2D eigenvalue weighted by Gasteiger charge is -2.07. The molecule has 0 aliphatic heterocycles. The number of hydrogen-bond acceptors (Lipinski definition) is 6. The maximum Gasteiger partial charge on any atom is 0.306 e. The lowest BCUT2D eigenvalue weighted by molar-refractivity contribution is -0.384. The number of nitrogens with zero attached hydrogens (tertiary/aromatic N) is 1. The fraction of sp³-hybridized carbons (Fsp3) is 0.211.